The van der Waals surface area contributed by atoms with Crippen LogP contribution in [-0.4, -0.2) is 14.2 Å². The topological polar surface area (TPSA) is 18.5 Å². The lowest BCUT2D eigenvalue weighted by molar-refractivity contribution is 0.185. The number of ether oxygens (including phenoxy) is 2. The van der Waals surface area contributed by atoms with Gasteiger partial charge in [-0.2, -0.15) is 13.5 Å². The van der Waals surface area contributed by atoms with Crippen LogP contribution in [0.5, 0.6) is 5.75 Å². The summed E-state index contributed by atoms with van der Waals surface area (Å²) in [5.41, 5.74) is 1.16. The molecular weight excluding hydrogens is 220 g/mol. The van der Waals surface area contributed by atoms with E-state index in [9.17, 15) is 0 Å². The van der Waals surface area contributed by atoms with Crippen molar-refractivity contribution >= 4 is 13.5 Å². The average molecular weight is 244 g/mol. The maximum Gasteiger partial charge on any atom is 0.118 e. The second-order valence-electron chi connectivity index (χ2n) is 3.28. The molecule has 0 spiro atoms. The number of unbranched alkanes of at least 4 members (excludes halogenated alkanes) is 1. The van der Waals surface area contributed by atoms with E-state index >= 15 is 0 Å². The smallest absolute Gasteiger partial charge is 0.118 e. The fourth-order valence-electron chi connectivity index (χ4n) is 0.888. The molecule has 0 radical (unpaired) electrons. The molecule has 0 unspecified atom stereocenters. The van der Waals surface area contributed by atoms with E-state index in [4.69, 9.17) is 9.47 Å². The van der Waals surface area contributed by atoms with Gasteiger partial charge in [0, 0.05) is 7.11 Å². The van der Waals surface area contributed by atoms with Crippen LogP contribution in [0, 0.1) is 0 Å². The van der Waals surface area contributed by atoms with Crippen molar-refractivity contribution in [3.63, 3.8) is 0 Å². The molecule has 3 heteroatoms. The van der Waals surface area contributed by atoms with E-state index in [-0.39, 0.29) is 13.5 Å². The highest BCUT2D eigenvalue weighted by molar-refractivity contribution is 7.59. The third kappa shape index (κ3) is 8.62. The molecule has 0 bridgehead atoms. The first-order valence-electron chi connectivity index (χ1n) is 5.40. The van der Waals surface area contributed by atoms with Crippen LogP contribution >= 0.6 is 13.5 Å². The van der Waals surface area contributed by atoms with Gasteiger partial charge in [-0.1, -0.05) is 38.8 Å². The highest BCUT2D eigenvalue weighted by Gasteiger charge is 1.91. The van der Waals surface area contributed by atoms with E-state index in [1.165, 1.54) is 12.8 Å². The summed E-state index contributed by atoms with van der Waals surface area (Å²) in [5.74, 6) is 0.879. The molecule has 0 heterocycles. The van der Waals surface area contributed by atoms with E-state index in [1.54, 1.807) is 14.2 Å². The van der Waals surface area contributed by atoms with Gasteiger partial charge in [-0.05, 0) is 17.7 Å². The Bertz CT molecular complexity index is 232. The van der Waals surface area contributed by atoms with Gasteiger partial charge in [-0.3, -0.25) is 0 Å². The van der Waals surface area contributed by atoms with Crippen molar-refractivity contribution in [3.8, 4) is 5.75 Å². The van der Waals surface area contributed by atoms with E-state index in [1.807, 2.05) is 24.3 Å². The first-order valence-corrected chi connectivity index (χ1v) is 5.40. The fourth-order valence-corrected chi connectivity index (χ4v) is 0.888. The van der Waals surface area contributed by atoms with Crippen LogP contribution in [0.15, 0.2) is 24.3 Å². The molecule has 0 atom stereocenters. The van der Waals surface area contributed by atoms with Crippen molar-refractivity contribution < 1.29 is 9.47 Å². The maximum absolute atomic E-state index is 5.01. The van der Waals surface area contributed by atoms with Gasteiger partial charge in [0.25, 0.3) is 0 Å². The van der Waals surface area contributed by atoms with E-state index in [2.05, 4.69) is 13.8 Å². The van der Waals surface area contributed by atoms with Gasteiger partial charge in [-0.15, -0.1) is 0 Å². The molecule has 0 aliphatic rings. The van der Waals surface area contributed by atoms with E-state index < -0.39 is 0 Å². The lowest BCUT2D eigenvalue weighted by Crippen LogP contribution is -1.87. The SMILES string of the molecule is CCCC.COCc1ccc(OC)cc1.S. The molecule has 0 fully saturated rings. The fraction of sp³-hybridized carbons (Fsp3) is 0.538. The van der Waals surface area contributed by atoms with Crippen LogP contribution in [0.4, 0.5) is 0 Å². The minimum Gasteiger partial charge on any atom is -0.497 e. The number of benzene rings is 1. The quantitative estimate of drug-likeness (QED) is 0.803. The van der Waals surface area contributed by atoms with Gasteiger partial charge in [0.2, 0.25) is 0 Å². The molecule has 0 aliphatic heterocycles. The Labute approximate surface area is 106 Å². The van der Waals surface area contributed by atoms with Crippen molar-refractivity contribution in [3.05, 3.63) is 29.8 Å². The highest BCUT2D eigenvalue weighted by Crippen LogP contribution is 2.11. The monoisotopic (exact) mass is 244 g/mol. The molecule has 1 aromatic rings. The molecule has 94 valence electrons. The number of rotatable bonds is 4. The Morgan fingerprint density at radius 2 is 1.44 bits per heavy atom. The van der Waals surface area contributed by atoms with Crippen molar-refractivity contribution in [1.82, 2.24) is 0 Å². The van der Waals surface area contributed by atoms with Crippen LogP contribution in [0.25, 0.3) is 0 Å². The molecular formula is C13H24O2S. The molecule has 0 saturated heterocycles. The van der Waals surface area contributed by atoms with Crippen LogP contribution in [0.1, 0.15) is 32.3 Å². The number of hydrogen-bond donors (Lipinski definition) is 0. The highest BCUT2D eigenvalue weighted by atomic mass is 32.1. The lowest BCUT2D eigenvalue weighted by Gasteiger charge is -2.01. The Balaban J connectivity index is 0. The second kappa shape index (κ2) is 12.4. The van der Waals surface area contributed by atoms with Crippen LogP contribution in [-0.2, 0) is 11.3 Å². The summed E-state index contributed by atoms with van der Waals surface area (Å²) in [6.45, 7) is 5.02. The lowest BCUT2D eigenvalue weighted by atomic mass is 10.2. The zero-order valence-corrected chi connectivity index (χ0v) is 11.7. The zero-order valence-electron chi connectivity index (χ0n) is 10.7. The predicted octanol–water partition coefficient (Wildman–Crippen LogP) is 3.76. The van der Waals surface area contributed by atoms with Gasteiger partial charge in [0.15, 0.2) is 0 Å². The van der Waals surface area contributed by atoms with Gasteiger partial charge in [0.05, 0.1) is 13.7 Å². The summed E-state index contributed by atoms with van der Waals surface area (Å²) < 4.78 is 9.97. The third-order valence-electron chi connectivity index (χ3n) is 1.97. The van der Waals surface area contributed by atoms with Gasteiger partial charge < -0.3 is 9.47 Å². The van der Waals surface area contributed by atoms with E-state index in [0.717, 1.165) is 11.3 Å². The van der Waals surface area contributed by atoms with Gasteiger partial charge >= 0.3 is 0 Å². The number of methoxy groups -OCH3 is 2. The Kier molecular flexibility index (Phi) is 13.7. The minimum atomic E-state index is 0. The molecule has 1 rings (SSSR count). The average Bonchev–Trinajstić information content (AvgIpc) is 2.31. The summed E-state index contributed by atoms with van der Waals surface area (Å²) in [6, 6.07) is 7.83. The van der Waals surface area contributed by atoms with Gasteiger partial charge in [0.1, 0.15) is 5.75 Å². The second-order valence-corrected chi connectivity index (χ2v) is 3.28. The minimum absolute atomic E-state index is 0. The first kappa shape index (κ1) is 17.7. The summed E-state index contributed by atoms with van der Waals surface area (Å²) >= 11 is 0. The van der Waals surface area contributed by atoms with Crippen LogP contribution < -0.4 is 4.74 Å². The molecule has 0 N–H and O–H groups in total. The van der Waals surface area contributed by atoms with Crippen molar-refractivity contribution in [2.45, 2.75) is 33.3 Å². The summed E-state index contributed by atoms with van der Waals surface area (Å²) in [4.78, 5) is 0. The third-order valence-corrected chi connectivity index (χ3v) is 1.97. The van der Waals surface area contributed by atoms with Crippen molar-refractivity contribution in [1.29, 1.82) is 0 Å². The Morgan fingerprint density at radius 1 is 0.938 bits per heavy atom. The Morgan fingerprint density at radius 3 is 1.75 bits per heavy atom. The van der Waals surface area contributed by atoms with Crippen LogP contribution in [0.3, 0.4) is 0 Å². The molecule has 16 heavy (non-hydrogen) atoms. The van der Waals surface area contributed by atoms with Crippen LogP contribution in [0.2, 0.25) is 0 Å². The first-order chi connectivity index (χ1) is 7.28. The molecule has 0 saturated carbocycles. The normalized spacial score (nSPS) is 8.50. The summed E-state index contributed by atoms with van der Waals surface area (Å²) in [6.07, 6.45) is 2.64. The summed E-state index contributed by atoms with van der Waals surface area (Å²) in [5, 5.41) is 0. The van der Waals surface area contributed by atoms with Crippen molar-refractivity contribution in [2.24, 2.45) is 0 Å². The standard InChI is InChI=1S/C9H12O2.C4H10.H2S/c1-10-7-8-3-5-9(11-2)6-4-8;1-3-4-2;/h3-6H,7H2,1-2H3;3-4H2,1-2H3;1H2. The largest absolute Gasteiger partial charge is 0.497 e. The van der Waals surface area contributed by atoms with E-state index in [0.29, 0.717) is 6.61 Å². The predicted molar refractivity (Wildman–Crippen MR) is 74.7 cm³/mol. The summed E-state index contributed by atoms with van der Waals surface area (Å²) in [7, 11) is 3.34. The van der Waals surface area contributed by atoms with Gasteiger partial charge in [-0.25, -0.2) is 0 Å². The van der Waals surface area contributed by atoms with Crippen molar-refractivity contribution in [2.75, 3.05) is 14.2 Å². The Hall–Kier alpha value is -0.670. The molecule has 0 aromatic heterocycles. The zero-order chi connectivity index (χ0) is 11.5. The molecule has 2 nitrogen and oxygen atoms in total. The molecule has 0 amide bonds. The molecule has 0 aliphatic carbocycles. The molecule has 1 aromatic carbocycles. The maximum atomic E-state index is 5.01. The number of hydrogen-bond acceptors (Lipinski definition) is 2.